The topological polar surface area (TPSA) is 55.9 Å². The average Bonchev–Trinajstić information content (AvgIpc) is 2.69. The van der Waals surface area contributed by atoms with Crippen LogP contribution < -0.4 is 11.3 Å². The van der Waals surface area contributed by atoms with Gasteiger partial charge in [0.05, 0.1) is 10.7 Å². The first-order valence-electron chi connectivity index (χ1n) is 6.51. The molecule has 0 aliphatic rings. The van der Waals surface area contributed by atoms with Gasteiger partial charge in [0.25, 0.3) is 0 Å². The highest BCUT2D eigenvalue weighted by Crippen LogP contribution is 2.23. The summed E-state index contributed by atoms with van der Waals surface area (Å²) >= 11 is 12.0. The van der Waals surface area contributed by atoms with Crippen LogP contribution in [0.2, 0.25) is 10.2 Å². The standard InChI is InChI=1S/C14H17Cl2FN4/c1-8-11(14(16)21(2)20-8)7-10(19-18)6-9-4-3-5-12(15)13(9)17/h3-5,10,19H,6-7,18H2,1-2H3. The maximum absolute atomic E-state index is 14.0. The average molecular weight is 331 g/mol. The summed E-state index contributed by atoms with van der Waals surface area (Å²) in [4.78, 5) is 0. The summed E-state index contributed by atoms with van der Waals surface area (Å²) in [5, 5.41) is 4.94. The van der Waals surface area contributed by atoms with Crippen molar-refractivity contribution in [1.29, 1.82) is 0 Å². The number of hydrogen-bond acceptors (Lipinski definition) is 3. The fraction of sp³-hybridized carbons (Fsp3) is 0.357. The van der Waals surface area contributed by atoms with Gasteiger partial charge >= 0.3 is 0 Å². The summed E-state index contributed by atoms with van der Waals surface area (Å²) in [7, 11) is 1.78. The van der Waals surface area contributed by atoms with Crippen LogP contribution in [-0.2, 0) is 19.9 Å². The third kappa shape index (κ3) is 3.55. The van der Waals surface area contributed by atoms with E-state index < -0.39 is 5.82 Å². The monoisotopic (exact) mass is 330 g/mol. The molecular weight excluding hydrogens is 314 g/mol. The Morgan fingerprint density at radius 2 is 2.10 bits per heavy atom. The predicted molar refractivity (Wildman–Crippen MR) is 82.9 cm³/mol. The number of nitrogens with zero attached hydrogens (tertiary/aromatic N) is 2. The van der Waals surface area contributed by atoms with Crippen LogP contribution in [0.25, 0.3) is 0 Å². The van der Waals surface area contributed by atoms with E-state index in [1.54, 1.807) is 23.9 Å². The molecule has 0 saturated heterocycles. The van der Waals surface area contributed by atoms with E-state index in [1.165, 1.54) is 6.07 Å². The van der Waals surface area contributed by atoms with Crippen LogP contribution >= 0.6 is 23.2 Å². The minimum Gasteiger partial charge on any atom is -0.271 e. The van der Waals surface area contributed by atoms with Gasteiger partial charge in [0.1, 0.15) is 11.0 Å². The number of nitrogens with one attached hydrogen (secondary N) is 1. The number of hydrazine groups is 1. The third-order valence-electron chi connectivity index (χ3n) is 3.45. The van der Waals surface area contributed by atoms with Crippen LogP contribution in [0.5, 0.6) is 0 Å². The molecule has 2 aromatic rings. The molecular formula is C14H17Cl2FN4. The van der Waals surface area contributed by atoms with Crippen molar-refractivity contribution in [1.82, 2.24) is 15.2 Å². The van der Waals surface area contributed by atoms with Crippen molar-refractivity contribution in [2.24, 2.45) is 12.9 Å². The largest absolute Gasteiger partial charge is 0.271 e. The van der Waals surface area contributed by atoms with E-state index in [-0.39, 0.29) is 11.1 Å². The minimum atomic E-state index is -0.409. The van der Waals surface area contributed by atoms with Crippen molar-refractivity contribution >= 4 is 23.2 Å². The lowest BCUT2D eigenvalue weighted by atomic mass is 9.99. The van der Waals surface area contributed by atoms with Crippen molar-refractivity contribution in [3.8, 4) is 0 Å². The van der Waals surface area contributed by atoms with Gasteiger partial charge in [0, 0.05) is 18.7 Å². The summed E-state index contributed by atoms with van der Waals surface area (Å²) in [6.07, 6.45) is 0.967. The molecule has 1 atom stereocenters. The van der Waals surface area contributed by atoms with E-state index in [0.29, 0.717) is 23.6 Å². The molecule has 1 unspecified atom stereocenters. The van der Waals surface area contributed by atoms with Gasteiger partial charge < -0.3 is 0 Å². The summed E-state index contributed by atoms with van der Waals surface area (Å²) in [5.74, 6) is 5.18. The van der Waals surface area contributed by atoms with Crippen molar-refractivity contribution in [3.05, 3.63) is 51.0 Å². The zero-order chi connectivity index (χ0) is 15.6. The number of aryl methyl sites for hydroxylation is 2. The zero-order valence-corrected chi connectivity index (χ0v) is 13.3. The van der Waals surface area contributed by atoms with Gasteiger partial charge in [-0.05, 0) is 31.4 Å². The molecule has 1 aromatic heterocycles. The molecule has 0 saturated carbocycles. The van der Waals surface area contributed by atoms with Gasteiger partial charge in [-0.3, -0.25) is 16.0 Å². The second-order valence-corrected chi connectivity index (χ2v) is 5.73. The Labute approximate surface area is 133 Å². The van der Waals surface area contributed by atoms with Crippen molar-refractivity contribution in [3.63, 3.8) is 0 Å². The van der Waals surface area contributed by atoms with Gasteiger partial charge in [-0.2, -0.15) is 5.10 Å². The first-order valence-corrected chi connectivity index (χ1v) is 7.26. The fourth-order valence-electron chi connectivity index (χ4n) is 2.31. The van der Waals surface area contributed by atoms with Crippen molar-refractivity contribution in [2.75, 3.05) is 0 Å². The van der Waals surface area contributed by atoms with E-state index in [0.717, 1.165) is 11.3 Å². The Bertz CT molecular complexity index is 642. The summed E-state index contributed by atoms with van der Waals surface area (Å²) in [6, 6.07) is 4.77. The molecule has 3 N–H and O–H groups in total. The minimum absolute atomic E-state index is 0.110. The SMILES string of the molecule is Cc1nn(C)c(Cl)c1CC(Cc1cccc(Cl)c1F)NN. The molecule has 0 amide bonds. The summed E-state index contributed by atoms with van der Waals surface area (Å²) < 4.78 is 15.6. The fourth-order valence-corrected chi connectivity index (χ4v) is 2.76. The molecule has 0 radical (unpaired) electrons. The van der Waals surface area contributed by atoms with Crippen LogP contribution in [-0.4, -0.2) is 15.8 Å². The molecule has 21 heavy (non-hydrogen) atoms. The Kier molecular flexibility index (Phi) is 5.22. The number of halogens is 3. The molecule has 0 bridgehead atoms. The molecule has 0 aliphatic carbocycles. The van der Waals surface area contributed by atoms with E-state index in [1.807, 2.05) is 6.92 Å². The van der Waals surface area contributed by atoms with Crippen LogP contribution in [0.15, 0.2) is 18.2 Å². The quantitative estimate of drug-likeness (QED) is 0.654. The zero-order valence-electron chi connectivity index (χ0n) is 11.8. The first kappa shape index (κ1) is 16.2. The smallest absolute Gasteiger partial charge is 0.145 e. The Morgan fingerprint density at radius 1 is 1.38 bits per heavy atom. The highest BCUT2D eigenvalue weighted by atomic mass is 35.5. The summed E-state index contributed by atoms with van der Waals surface area (Å²) in [6.45, 7) is 1.88. The first-order chi connectivity index (χ1) is 9.93. The molecule has 1 heterocycles. The maximum Gasteiger partial charge on any atom is 0.145 e. The highest BCUT2D eigenvalue weighted by molar-refractivity contribution is 6.31. The van der Waals surface area contributed by atoms with Gasteiger partial charge in [-0.25, -0.2) is 4.39 Å². The number of aromatic nitrogens is 2. The number of benzene rings is 1. The third-order valence-corrected chi connectivity index (χ3v) is 4.22. The lowest BCUT2D eigenvalue weighted by Crippen LogP contribution is -2.38. The second kappa shape index (κ2) is 6.75. The summed E-state index contributed by atoms with van der Waals surface area (Å²) in [5.41, 5.74) is 4.97. The number of hydrogen-bond donors (Lipinski definition) is 2. The van der Waals surface area contributed by atoms with Gasteiger partial charge in [-0.15, -0.1) is 0 Å². The normalized spacial score (nSPS) is 12.7. The van der Waals surface area contributed by atoms with Crippen LogP contribution in [0.4, 0.5) is 4.39 Å². The maximum atomic E-state index is 14.0. The van der Waals surface area contributed by atoms with E-state index in [4.69, 9.17) is 29.0 Å². The van der Waals surface area contributed by atoms with E-state index >= 15 is 0 Å². The van der Waals surface area contributed by atoms with Gasteiger partial charge in [0.15, 0.2) is 0 Å². The highest BCUT2D eigenvalue weighted by Gasteiger charge is 2.18. The van der Waals surface area contributed by atoms with Crippen LogP contribution in [0, 0.1) is 12.7 Å². The molecule has 0 fully saturated rings. The second-order valence-electron chi connectivity index (χ2n) is 4.96. The number of rotatable bonds is 5. The molecule has 0 aliphatic heterocycles. The lowest BCUT2D eigenvalue weighted by Gasteiger charge is -2.16. The molecule has 0 spiro atoms. The predicted octanol–water partition coefficient (Wildman–Crippen LogP) is 2.79. The van der Waals surface area contributed by atoms with Gasteiger partial charge in [0.2, 0.25) is 0 Å². The molecule has 2 rings (SSSR count). The van der Waals surface area contributed by atoms with E-state index in [2.05, 4.69) is 10.5 Å². The Hall–Kier alpha value is -1.14. The van der Waals surface area contributed by atoms with E-state index in [9.17, 15) is 4.39 Å². The Balaban J connectivity index is 2.19. The molecule has 114 valence electrons. The van der Waals surface area contributed by atoms with Crippen LogP contribution in [0.3, 0.4) is 0 Å². The molecule has 1 aromatic carbocycles. The lowest BCUT2D eigenvalue weighted by molar-refractivity contribution is 0.506. The van der Waals surface area contributed by atoms with Crippen LogP contribution in [0.1, 0.15) is 16.8 Å². The molecule has 4 nitrogen and oxygen atoms in total. The number of nitrogens with two attached hydrogens (primary N) is 1. The van der Waals surface area contributed by atoms with Gasteiger partial charge in [-0.1, -0.05) is 35.3 Å². The molecule has 7 heteroatoms. The van der Waals surface area contributed by atoms with Crippen molar-refractivity contribution < 1.29 is 4.39 Å². The Morgan fingerprint density at radius 3 is 2.67 bits per heavy atom. The van der Waals surface area contributed by atoms with Crippen molar-refractivity contribution in [2.45, 2.75) is 25.8 Å².